The Bertz CT molecular complexity index is 1250. The zero-order valence-electron chi connectivity index (χ0n) is 26.0. The Kier molecular flexibility index (Phi) is 14.8. The molecule has 6 heteroatoms. The molecule has 0 saturated carbocycles. The maximum atomic E-state index is 14.5. The minimum absolute atomic E-state index is 0.137. The van der Waals surface area contributed by atoms with Crippen LogP contribution in [0.25, 0.3) is 11.1 Å². The van der Waals surface area contributed by atoms with Crippen molar-refractivity contribution in [1.29, 1.82) is 0 Å². The van der Waals surface area contributed by atoms with Crippen molar-refractivity contribution >= 4 is 11.9 Å². The van der Waals surface area contributed by atoms with E-state index in [0.29, 0.717) is 0 Å². The van der Waals surface area contributed by atoms with Gasteiger partial charge in [-0.05, 0) is 59.9 Å². The molecule has 0 radical (unpaired) electrons. The van der Waals surface area contributed by atoms with E-state index in [9.17, 15) is 14.0 Å². The van der Waals surface area contributed by atoms with E-state index in [1.54, 1.807) is 12.1 Å². The molecule has 0 aromatic heterocycles. The van der Waals surface area contributed by atoms with E-state index in [0.717, 1.165) is 42.4 Å². The summed E-state index contributed by atoms with van der Waals surface area (Å²) in [6, 6.07) is 18.7. The van der Waals surface area contributed by atoms with Crippen molar-refractivity contribution in [2.75, 3.05) is 13.2 Å². The van der Waals surface area contributed by atoms with E-state index in [4.69, 9.17) is 14.2 Å². The molecule has 0 heterocycles. The van der Waals surface area contributed by atoms with E-state index in [-0.39, 0.29) is 29.4 Å². The molecule has 0 fully saturated rings. The van der Waals surface area contributed by atoms with Gasteiger partial charge in [-0.1, -0.05) is 115 Å². The fourth-order valence-electron chi connectivity index (χ4n) is 4.68. The van der Waals surface area contributed by atoms with Crippen LogP contribution in [-0.4, -0.2) is 25.2 Å². The smallest absolute Gasteiger partial charge is 0.344 e. The Hall–Kier alpha value is -3.67. The molecular formula is C37H47FO5. The molecule has 3 rings (SSSR count). The summed E-state index contributed by atoms with van der Waals surface area (Å²) in [6.45, 7) is 7.04. The topological polar surface area (TPSA) is 61.8 Å². The van der Waals surface area contributed by atoms with Gasteiger partial charge in [0.05, 0.1) is 18.8 Å². The van der Waals surface area contributed by atoms with Gasteiger partial charge in [0.1, 0.15) is 22.9 Å². The van der Waals surface area contributed by atoms with Crippen molar-refractivity contribution in [3.8, 4) is 22.6 Å². The summed E-state index contributed by atoms with van der Waals surface area (Å²) in [5.41, 5.74) is 1.81. The summed E-state index contributed by atoms with van der Waals surface area (Å²) < 4.78 is 31.1. The quantitative estimate of drug-likeness (QED) is 0.0790. The van der Waals surface area contributed by atoms with Gasteiger partial charge < -0.3 is 14.2 Å². The van der Waals surface area contributed by atoms with Crippen molar-refractivity contribution in [1.82, 2.24) is 0 Å². The van der Waals surface area contributed by atoms with E-state index < -0.39 is 17.8 Å². The predicted molar refractivity (Wildman–Crippen MR) is 170 cm³/mol. The Labute approximate surface area is 256 Å². The van der Waals surface area contributed by atoms with Crippen LogP contribution in [0.2, 0.25) is 0 Å². The summed E-state index contributed by atoms with van der Waals surface area (Å²) in [7, 11) is 0. The van der Waals surface area contributed by atoms with Gasteiger partial charge in [-0.15, -0.1) is 0 Å². The first-order valence-electron chi connectivity index (χ1n) is 15.9. The van der Waals surface area contributed by atoms with Gasteiger partial charge in [0.2, 0.25) is 0 Å². The van der Waals surface area contributed by atoms with Crippen LogP contribution in [0.1, 0.15) is 112 Å². The highest BCUT2D eigenvalue weighted by Crippen LogP contribution is 2.26. The van der Waals surface area contributed by atoms with Crippen LogP contribution in [0.4, 0.5) is 4.39 Å². The number of carbonyl (C=O) groups excluding carboxylic acids is 2. The number of benzene rings is 3. The van der Waals surface area contributed by atoms with E-state index in [2.05, 4.69) is 6.92 Å². The molecule has 0 N–H and O–H groups in total. The summed E-state index contributed by atoms with van der Waals surface area (Å²) in [5, 5.41) is 0. The number of ether oxygens (including phenoxy) is 3. The molecule has 0 aliphatic heterocycles. The van der Waals surface area contributed by atoms with E-state index in [1.165, 1.54) is 69.9 Å². The third-order valence-corrected chi connectivity index (χ3v) is 7.65. The van der Waals surface area contributed by atoms with Crippen molar-refractivity contribution in [3.05, 3.63) is 83.7 Å². The number of esters is 2. The van der Waals surface area contributed by atoms with Gasteiger partial charge >= 0.3 is 11.9 Å². The molecule has 3 aromatic carbocycles. The lowest BCUT2D eigenvalue weighted by atomic mass is 10.0. The number of unbranched alkanes of at least 4 members (excludes halogenated alkanes) is 9. The molecule has 232 valence electrons. The number of halogens is 1. The van der Waals surface area contributed by atoms with Gasteiger partial charge in [-0.3, -0.25) is 0 Å². The Morgan fingerprint density at radius 1 is 0.721 bits per heavy atom. The third kappa shape index (κ3) is 11.5. The fraction of sp³-hybridized carbons (Fsp3) is 0.459. The highest BCUT2D eigenvalue weighted by atomic mass is 19.1. The zero-order chi connectivity index (χ0) is 30.9. The Balaban J connectivity index is 1.46. The average molecular weight is 591 g/mol. The average Bonchev–Trinajstić information content (AvgIpc) is 3.02. The van der Waals surface area contributed by atoms with Crippen LogP contribution in [0, 0.1) is 11.7 Å². The third-order valence-electron chi connectivity index (χ3n) is 7.65. The molecule has 43 heavy (non-hydrogen) atoms. The molecule has 5 nitrogen and oxygen atoms in total. The van der Waals surface area contributed by atoms with Gasteiger partial charge in [0.15, 0.2) is 0 Å². The molecule has 0 amide bonds. The molecule has 1 atom stereocenters. The molecule has 0 spiro atoms. The Morgan fingerprint density at radius 2 is 1.30 bits per heavy atom. The van der Waals surface area contributed by atoms with Crippen LogP contribution >= 0.6 is 0 Å². The monoisotopic (exact) mass is 590 g/mol. The second kappa shape index (κ2) is 18.8. The molecule has 0 bridgehead atoms. The first kappa shape index (κ1) is 33.8. The maximum absolute atomic E-state index is 14.5. The summed E-state index contributed by atoms with van der Waals surface area (Å²) in [4.78, 5) is 25.4. The van der Waals surface area contributed by atoms with Gasteiger partial charge in [0.25, 0.3) is 0 Å². The summed E-state index contributed by atoms with van der Waals surface area (Å²) >= 11 is 0. The molecule has 0 unspecified atom stereocenters. The lowest BCUT2D eigenvalue weighted by Gasteiger charge is -2.13. The van der Waals surface area contributed by atoms with E-state index in [1.807, 2.05) is 50.2 Å². The highest BCUT2D eigenvalue weighted by molar-refractivity contribution is 5.96. The predicted octanol–water partition coefficient (Wildman–Crippen LogP) is 10.2. The molecular weight excluding hydrogens is 543 g/mol. The molecule has 0 aliphatic carbocycles. The number of rotatable bonds is 19. The second-order valence-corrected chi connectivity index (χ2v) is 11.2. The first-order chi connectivity index (χ1) is 20.9. The SMILES string of the molecule is CCCCCCCCCCCCOc1ccc(-c2ccc(C(=O)Oc3cccc(F)c3C(=O)OC[C@@H](C)CC)cc2)cc1. The maximum Gasteiger partial charge on any atom is 0.344 e. The minimum Gasteiger partial charge on any atom is -0.494 e. The molecule has 0 aliphatic rings. The summed E-state index contributed by atoms with van der Waals surface area (Å²) in [5.74, 6) is -1.54. The molecule has 3 aromatic rings. The standard InChI is InChI=1S/C37H47FO5/c1-4-6-7-8-9-10-11-12-13-14-26-41-32-24-22-30(23-25-32)29-18-20-31(21-19-29)36(39)43-34-17-15-16-33(38)35(34)37(40)42-27-28(3)5-2/h15-25,28H,4-14,26-27H2,1-3H3/t28-/m0/s1. The van der Waals surface area contributed by atoms with Gasteiger partial charge in [-0.25, -0.2) is 14.0 Å². The summed E-state index contributed by atoms with van der Waals surface area (Å²) in [6.07, 6.45) is 13.8. The Morgan fingerprint density at radius 3 is 1.91 bits per heavy atom. The second-order valence-electron chi connectivity index (χ2n) is 11.2. The number of hydrogen-bond donors (Lipinski definition) is 0. The lowest BCUT2D eigenvalue weighted by Crippen LogP contribution is -2.16. The van der Waals surface area contributed by atoms with Gasteiger partial charge in [-0.2, -0.15) is 0 Å². The van der Waals surface area contributed by atoms with Crippen LogP contribution in [0.3, 0.4) is 0 Å². The van der Waals surface area contributed by atoms with Crippen molar-refractivity contribution in [3.63, 3.8) is 0 Å². The zero-order valence-corrected chi connectivity index (χ0v) is 26.0. The first-order valence-corrected chi connectivity index (χ1v) is 15.9. The van der Waals surface area contributed by atoms with Crippen molar-refractivity contribution < 1.29 is 28.2 Å². The van der Waals surface area contributed by atoms with Crippen LogP contribution in [0.15, 0.2) is 66.7 Å². The minimum atomic E-state index is -0.854. The number of hydrogen-bond acceptors (Lipinski definition) is 5. The van der Waals surface area contributed by atoms with Gasteiger partial charge in [0, 0.05) is 0 Å². The normalized spacial score (nSPS) is 11.6. The fourth-order valence-corrected chi connectivity index (χ4v) is 4.68. The largest absolute Gasteiger partial charge is 0.494 e. The van der Waals surface area contributed by atoms with Crippen LogP contribution < -0.4 is 9.47 Å². The van der Waals surface area contributed by atoms with Crippen LogP contribution in [-0.2, 0) is 4.74 Å². The molecule has 0 saturated heterocycles. The van der Waals surface area contributed by atoms with Crippen molar-refractivity contribution in [2.24, 2.45) is 5.92 Å². The van der Waals surface area contributed by atoms with Crippen molar-refractivity contribution in [2.45, 2.75) is 91.4 Å². The lowest BCUT2D eigenvalue weighted by molar-refractivity contribution is 0.0436. The number of carbonyl (C=O) groups is 2. The van der Waals surface area contributed by atoms with E-state index >= 15 is 0 Å². The highest BCUT2D eigenvalue weighted by Gasteiger charge is 2.22. The van der Waals surface area contributed by atoms with Crippen LogP contribution in [0.5, 0.6) is 11.5 Å².